The van der Waals surface area contributed by atoms with Gasteiger partial charge in [0.1, 0.15) is 11.4 Å². The first kappa shape index (κ1) is 14.9. The minimum atomic E-state index is -1.28. The third-order valence-corrected chi connectivity index (χ3v) is 3.16. The molecule has 0 aliphatic heterocycles. The Hall–Kier alpha value is -0.534. The van der Waals surface area contributed by atoms with Gasteiger partial charge in [-0.05, 0) is 31.0 Å². The van der Waals surface area contributed by atoms with Gasteiger partial charge in [0.25, 0.3) is 0 Å². The quantitative estimate of drug-likeness (QED) is 0.852. The minimum absolute atomic E-state index is 0. The molecule has 1 aliphatic rings. The molecule has 94 valence electrons. The molecular weight excluding hydrogens is 276 g/mol. The van der Waals surface area contributed by atoms with Crippen molar-refractivity contribution in [3.8, 4) is 0 Å². The molecule has 1 aromatic heterocycles. The summed E-state index contributed by atoms with van der Waals surface area (Å²) in [6.07, 6.45) is 3.27. The number of carboxylic acid groups (broad SMARTS) is 1. The second-order valence-corrected chi connectivity index (χ2v) is 4.48. The van der Waals surface area contributed by atoms with Crippen LogP contribution in [0.3, 0.4) is 0 Å². The maximum atomic E-state index is 13.2. The predicted octanol–water partition coefficient (Wildman–Crippen LogP) is 1.53. The monoisotopic (exact) mass is 287 g/mol. The molecule has 1 N–H and O–H groups in total. The summed E-state index contributed by atoms with van der Waals surface area (Å²) in [4.78, 5) is 23.0. The Balaban J connectivity index is 0.00000133. The van der Waals surface area contributed by atoms with Crippen molar-refractivity contribution < 1.29 is 14.3 Å². The molecule has 0 saturated heterocycles. The molecule has 1 saturated carbocycles. The molecule has 0 bridgehead atoms. The molecule has 0 spiro atoms. The van der Waals surface area contributed by atoms with Crippen molar-refractivity contribution in [1.82, 2.24) is 4.57 Å². The summed E-state index contributed by atoms with van der Waals surface area (Å²) in [5, 5.41) is 9.14. The van der Waals surface area contributed by atoms with Crippen LogP contribution in [-0.4, -0.2) is 67.0 Å². The van der Waals surface area contributed by atoms with Gasteiger partial charge in [0.15, 0.2) is 0 Å². The Morgan fingerprint density at radius 1 is 1.37 bits per heavy atom. The molecule has 1 fully saturated rings. The molecule has 0 radical (unpaired) electrons. The first-order chi connectivity index (χ1) is 8.58. The van der Waals surface area contributed by atoms with Gasteiger partial charge in [0, 0.05) is 17.6 Å². The van der Waals surface area contributed by atoms with E-state index in [1.54, 1.807) is 4.57 Å². The maximum absolute atomic E-state index is 13.2. The van der Waals surface area contributed by atoms with Crippen molar-refractivity contribution in [3.63, 3.8) is 0 Å². The second-order valence-electron chi connectivity index (χ2n) is 4.48. The van der Waals surface area contributed by atoms with Gasteiger partial charge in [0.05, 0.1) is 5.52 Å². The number of halogens is 1. The van der Waals surface area contributed by atoms with Crippen LogP contribution in [0, 0.1) is 5.82 Å². The number of carboxylic acids is 1. The molecule has 4 nitrogen and oxygen atoms in total. The van der Waals surface area contributed by atoms with E-state index in [0.717, 1.165) is 18.9 Å². The molecule has 3 rings (SSSR count). The summed E-state index contributed by atoms with van der Waals surface area (Å²) in [7, 11) is 0. The number of carbonyl (C=O) groups is 1. The Labute approximate surface area is 150 Å². The van der Waals surface area contributed by atoms with E-state index in [1.807, 2.05) is 0 Å². The number of benzene rings is 1. The zero-order valence-corrected chi connectivity index (χ0v) is 9.39. The molecule has 0 atom stereocenters. The first-order valence-corrected chi connectivity index (χ1v) is 5.65. The van der Waals surface area contributed by atoms with E-state index in [4.69, 9.17) is 5.11 Å². The molecule has 19 heavy (non-hydrogen) atoms. The van der Waals surface area contributed by atoms with E-state index < -0.39 is 17.2 Å². The molecule has 1 aliphatic carbocycles. The van der Waals surface area contributed by atoms with Crippen LogP contribution in [0.15, 0.2) is 29.2 Å². The van der Waals surface area contributed by atoms with Gasteiger partial charge in [-0.1, -0.05) is 0 Å². The number of fused-ring (bicyclic) bond motifs is 1. The van der Waals surface area contributed by atoms with E-state index in [0.29, 0.717) is 5.52 Å². The van der Waals surface area contributed by atoms with Crippen LogP contribution in [0.25, 0.3) is 10.9 Å². The summed E-state index contributed by atoms with van der Waals surface area (Å²) in [5.74, 6) is -1.81. The topological polar surface area (TPSA) is 59.3 Å². The molecule has 2 aromatic rings. The van der Waals surface area contributed by atoms with Gasteiger partial charge < -0.3 is 9.67 Å². The number of hydrogen-bond donors (Lipinski definition) is 1. The Morgan fingerprint density at radius 2 is 2.05 bits per heavy atom. The van der Waals surface area contributed by atoms with E-state index in [2.05, 4.69) is 0 Å². The van der Waals surface area contributed by atoms with Crippen LogP contribution in [0.1, 0.15) is 29.2 Å². The van der Waals surface area contributed by atoms with Crippen molar-refractivity contribution in [3.05, 3.63) is 46.0 Å². The fourth-order valence-corrected chi connectivity index (χ4v) is 2.13. The van der Waals surface area contributed by atoms with Crippen molar-refractivity contribution in [2.75, 3.05) is 0 Å². The predicted molar refractivity (Wildman–Crippen MR) is 70.5 cm³/mol. The van der Waals surface area contributed by atoms with E-state index >= 15 is 0 Å². The fraction of sp³-hybridized carbons (Fsp3) is 0.231. The zero-order chi connectivity index (χ0) is 12.9. The number of aromatic nitrogens is 1. The van der Waals surface area contributed by atoms with Crippen LogP contribution in [-0.2, 0) is 0 Å². The molecule has 1 heterocycles. The van der Waals surface area contributed by atoms with E-state index in [1.165, 1.54) is 18.3 Å². The Bertz CT molecular complexity index is 722. The average Bonchev–Trinajstić information content (AvgIpc) is 3.14. The summed E-state index contributed by atoms with van der Waals surface area (Å²) in [5.41, 5.74) is -0.345. The standard InChI is InChI=1S/C13H10FNO3.K.H/c14-7-1-4-11-9(5-7)12(16)10(13(17)18)6-15(11)8-2-3-8;;/h1,4-6,8H,2-3H2,(H,17,18);;. The number of hydrogen-bond acceptors (Lipinski definition) is 2. The van der Waals surface area contributed by atoms with Gasteiger partial charge in [0.2, 0.25) is 5.43 Å². The fourth-order valence-electron chi connectivity index (χ4n) is 2.13. The molecule has 6 heteroatoms. The van der Waals surface area contributed by atoms with Gasteiger partial charge in [-0.15, -0.1) is 0 Å². The van der Waals surface area contributed by atoms with Gasteiger partial charge >= 0.3 is 57.4 Å². The van der Waals surface area contributed by atoms with Gasteiger partial charge in [-0.25, -0.2) is 9.18 Å². The first-order valence-electron chi connectivity index (χ1n) is 5.65. The normalized spacial score (nSPS) is 14.2. The van der Waals surface area contributed by atoms with Gasteiger partial charge in [-0.3, -0.25) is 4.79 Å². The average molecular weight is 287 g/mol. The van der Waals surface area contributed by atoms with Crippen LogP contribution < -0.4 is 5.43 Å². The number of nitrogens with zero attached hydrogens (tertiary/aromatic N) is 1. The second kappa shape index (κ2) is 5.45. The SMILES string of the molecule is O=C(O)c1cn(C2CC2)c2ccc(F)cc2c1=O.[KH]. The number of aromatic carboxylic acids is 1. The third kappa shape index (κ3) is 2.68. The van der Waals surface area contributed by atoms with E-state index in [-0.39, 0.29) is 68.4 Å². The van der Waals surface area contributed by atoms with Crippen molar-refractivity contribution in [1.29, 1.82) is 0 Å². The number of rotatable bonds is 2. The van der Waals surface area contributed by atoms with Crippen molar-refractivity contribution in [2.24, 2.45) is 0 Å². The van der Waals surface area contributed by atoms with Crippen molar-refractivity contribution >= 4 is 68.3 Å². The molecule has 1 aromatic carbocycles. The summed E-state index contributed by atoms with van der Waals surface area (Å²) in [6, 6.07) is 4.12. The van der Waals surface area contributed by atoms with Crippen LogP contribution in [0.4, 0.5) is 4.39 Å². The Morgan fingerprint density at radius 3 is 2.63 bits per heavy atom. The summed E-state index contributed by atoms with van der Waals surface area (Å²) >= 11 is 0. The zero-order valence-electron chi connectivity index (χ0n) is 9.39. The van der Waals surface area contributed by atoms with Crippen molar-refractivity contribution in [2.45, 2.75) is 18.9 Å². The Kier molecular flexibility index (Phi) is 4.27. The van der Waals surface area contributed by atoms with Crippen LogP contribution >= 0.6 is 0 Å². The van der Waals surface area contributed by atoms with Gasteiger partial charge in [-0.2, -0.15) is 0 Å². The molecule has 0 amide bonds. The molecular formula is C13H11FKNO3. The van der Waals surface area contributed by atoms with Crippen LogP contribution in [0.5, 0.6) is 0 Å². The third-order valence-electron chi connectivity index (χ3n) is 3.16. The van der Waals surface area contributed by atoms with E-state index in [9.17, 15) is 14.0 Å². The summed E-state index contributed by atoms with van der Waals surface area (Å²) in [6.45, 7) is 0. The van der Waals surface area contributed by atoms with Crippen LogP contribution in [0.2, 0.25) is 0 Å². The summed E-state index contributed by atoms with van der Waals surface area (Å²) < 4.78 is 15.0. The number of pyridine rings is 1. The molecule has 0 unspecified atom stereocenters.